The normalized spacial score (nSPS) is 17.0. The SMILES string of the molecule is CC(O)C(O)(N=C=O)N=C=O. The van der Waals surface area contributed by atoms with E-state index < -0.39 is 12.0 Å². The predicted octanol–water partition coefficient (Wildman–Crippen LogP) is -1.32. The summed E-state index contributed by atoms with van der Waals surface area (Å²) in [4.78, 5) is 24.7. The summed E-state index contributed by atoms with van der Waals surface area (Å²) < 4.78 is 0. The zero-order valence-electron chi connectivity index (χ0n) is 5.68. The first kappa shape index (κ1) is 9.68. The van der Waals surface area contributed by atoms with Gasteiger partial charge in [-0.2, -0.15) is 0 Å². The van der Waals surface area contributed by atoms with Gasteiger partial charge in [0.2, 0.25) is 12.2 Å². The Bertz CT molecular complexity index is 207. The molecule has 0 aromatic heterocycles. The van der Waals surface area contributed by atoms with Crippen molar-refractivity contribution in [3.05, 3.63) is 0 Å². The summed E-state index contributed by atoms with van der Waals surface area (Å²) in [6.07, 6.45) is 0.466. The van der Waals surface area contributed by atoms with Crippen molar-refractivity contribution in [2.24, 2.45) is 9.98 Å². The number of aliphatic hydroxyl groups is 2. The lowest BCUT2D eigenvalue weighted by Crippen LogP contribution is -2.36. The van der Waals surface area contributed by atoms with Gasteiger partial charge in [0.15, 0.2) is 0 Å². The molecule has 0 aromatic rings. The van der Waals surface area contributed by atoms with E-state index >= 15 is 0 Å². The number of carbonyl (C=O) groups excluding carboxylic acids is 2. The molecule has 0 rings (SSSR count). The lowest BCUT2D eigenvalue weighted by molar-refractivity contribution is -0.0521. The van der Waals surface area contributed by atoms with Crippen LogP contribution in [0.1, 0.15) is 6.92 Å². The summed E-state index contributed by atoms with van der Waals surface area (Å²) in [5.41, 5.74) is 0. The maximum atomic E-state index is 9.65. The summed E-state index contributed by atoms with van der Waals surface area (Å²) in [5, 5.41) is 17.7. The number of aliphatic hydroxyl groups excluding tert-OH is 1. The molecule has 0 aliphatic rings. The molecule has 0 amide bonds. The Labute approximate surface area is 61.9 Å². The Kier molecular flexibility index (Phi) is 3.30. The van der Waals surface area contributed by atoms with Gasteiger partial charge in [-0.05, 0) is 6.92 Å². The Balaban J connectivity index is 4.79. The van der Waals surface area contributed by atoms with E-state index in [1.807, 2.05) is 0 Å². The van der Waals surface area contributed by atoms with Gasteiger partial charge >= 0.3 is 5.85 Å². The largest absolute Gasteiger partial charge is 0.386 e. The van der Waals surface area contributed by atoms with E-state index in [-0.39, 0.29) is 0 Å². The second-order valence-electron chi connectivity index (χ2n) is 1.77. The van der Waals surface area contributed by atoms with Gasteiger partial charge in [0.1, 0.15) is 6.10 Å². The van der Waals surface area contributed by atoms with Gasteiger partial charge in [-0.25, -0.2) is 9.59 Å². The summed E-state index contributed by atoms with van der Waals surface area (Å²) in [6.45, 7) is 1.11. The first-order valence-electron chi connectivity index (χ1n) is 2.65. The summed E-state index contributed by atoms with van der Waals surface area (Å²) in [7, 11) is 0. The highest BCUT2D eigenvalue weighted by Crippen LogP contribution is 2.11. The fourth-order valence-corrected chi connectivity index (χ4v) is 0.346. The Morgan fingerprint density at radius 2 is 1.73 bits per heavy atom. The van der Waals surface area contributed by atoms with Crippen LogP contribution in [0.15, 0.2) is 9.98 Å². The van der Waals surface area contributed by atoms with Crippen LogP contribution in [0.25, 0.3) is 0 Å². The zero-order valence-corrected chi connectivity index (χ0v) is 5.68. The highest BCUT2D eigenvalue weighted by atomic mass is 16.4. The Morgan fingerprint density at radius 1 is 1.36 bits per heavy atom. The predicted molar refractivity (Wildman–Crippen MR) is 32.9 cm³/mol. The topological polar surface area (TPSA) is 99.3 Å². The Morgan fingerprint density at radius 3 is 1.91 bits per heavy atom. The number of hydrogen-bond donors (Lipinski definition) is 2. The summed E-state index contributed by atoms with van der Waals surface area (Å²) in [6, 6.07) is 0. The van der Waals surface area contributed by atoms with Crippen LogP contribution < -0.4 is 0 Å². The van der Waals surface area contributed by atoms with Crippen molar-refractivity contribution in [1.82, 2.24) is 0 Å². The molecule has 2 N–H and O–H groups in total. The number of hydrogen-bond acceptors (Lipinski definition) is 6. The average Bonchev–Trinajstić information content (AvgIpc) is 1.88. The molecule has 0 spiro atoms. The Hall–Kier alpha value is -1.32. The monoisotopic (exact) mass is 158 g/mol. The van der Waals surface area contributed by atoms with Gasteiger partial charge in [-0.3, -0.25) is 0 Å². The van der Waals surface area contributed by atoms with Gasteiger partial charge in [-0.15, -0.1) is 9.98 Å². The molecule has 0 aliphatic carbocycles. The standard InChI is InChI=1S/C5H6N2O4/c1-4(10)5(11,6-2-8)7-3-9/h4,10-11H,1H3. The van der Waals surface area contributed by atoms with E-state index in [9.17, 15) is 9.59 Å². The van der Waals surface area contributed by atoms with E-state index in [2.05, 4.69) is 9.98 Å². The van der Waals surface area contributed by atoms with Gasteiger partial charge < -0.3 is 10.2 Å². The minimum Gasteiger partial charge on any atom is -0.386 e. The molecule has 0 radical (unpaired) electrons. The molecule has 0 heterocycles. The second kappa shape index (κ2) is 3.75. The maximum absolute atomic E-state index is 9.65. The minimum absolute atomic E-state index is 0.967. The highest BCUT2D eigenvalue weighted by molar-refractivity contribution is 5.38. The van der Waals surface area contributed by atoms with Crippen LogP contribution in [0, 0.1) is 0 Å². The van der Waals surface area contributed by atoms with Crippen molar-refractivity contribution < 1.29 is 19.8 Å². The van der Waals surface area contributed by atoms with Crippen molar-refractivity contribution in [2.45, 2.75) is 18.9 Å². The van der Waals surface area contributed by atoms with E-state index in [0.717, 1.165) is 19.1 Å². The number of isocyanates is 2. The maximum Gasteiger partial charge on any atom is 0.302 e. The first-order valence-corrected chi connectivity index (χ1v) is 2.65. The molecule has 11 heavy (non-hydrogen) atoms. The minimum atomic E-state index is -2.44. The molecule has 0 aliphatic heterocycles. The van der Waals surface area contributed by atoms with Crippen LogP contribution in [0.4, 0.5) is 0 Å². The molecule has 6 nitrogen and oxygen atoms in total. The van der Waals surface area contributed by atoms with Gasteiger partial charge in [0.05, 0.1) is 0 Å². The molecule has 1 atom stereocenters. The van der Waals surface area contributed by atoms with Crippen molar-refractivity contribution in [1.29, 1.82) is 0 Å². The van der Waals surface area contributed by atoms with Crippen molar-refractivity contribution >= 4 is 12.2 Å². The van der Waals surface area contributed by atoms with Crippen molar-refractivity contribution in [3.8, 4) is 0 Å². The summed E-state index contributed by atoms with van der Waals surface area (Å²) in [5.74, 6) is -2.44. The van der Waals surface area contributed by atoms with Crippen LogP contribution in [0.3, 0.4) is 0 Å². The molecule has 1 unspecified atom stereocenters. The van der Waals surface area contributed by atoms with Crippen LogP contribution in [0.2, 0.25) is 0 Å². The van der Waals surface area contributed by atoms with Crippen LogP contribution in [-0.2, 0) is 9.59 Å². The van der Waals surface area contributed by atoms with Gasteiger partial charge in [0.25, 0.3) is 0 Å². The smallest absolute Gasteiger partial charge is 0.302 e. The quantitative estimate of drug-likeness (QED) is 0.393. The molecule has 6 heteroatoms. The van der Waals surface area contributed by atoms with Crippen LogP contribution >= 0.6 is 0 Å². The third-order valence-electron chi connectivity index (χ3n) is 0.981. The fraction of sp³-hybridized carbons (Fsp3) is 0.600. The average molecular weight is 158 g/mol. The molecule has 0 saturated carbocycles. The van der Waals surface area contributed by atoms with E-state index in [4.69, 9.17) is 10.2 Å². The molecular weight excluding hydrogens is 152 g/mol. The molecule has 0 fully saturated rings. The van der Waals surface area contributed by atoms with E-state index in [0.29, 0.717) is 0 Å². The van der Waals surface area contributed by atoms with E-state index in [1.165, 1.54) is 0 Å². The van der Waals surface area contributed by atoms with Crippen molar-refractivity contribution in [2.75, 3.05) is 0 Å². The number of aliphatic imine (C=N–C) groups is 2. The molecule has 0 bridgehead atoms. The van der Waals surface area contributed by atoms with Crippen LogP contribution in [0.5, 0.6) is 0 Å². The van der Waals surface area contributed by atoms with Crippen molar-refractivity contribution in [3.63, 3.8) is 0 Å². The number of rotatable bonds is 3. The lowest BCUT2D eigenvalue weighted by Gasteiger charge is -2.16. The van der Waals surface area contributed by atoms with Gasteiger partial charge in [-0.1, -0.05) is 0 Å². The van der Waals surface area contributed by atoms with E-state index in [1.54, 1.807) is 0 Å². The summed E-state index contributed by atoms with van der Waals surface area (Å²) >= 11 is 0. The lowest BCUT2D eigenvalue weighted by atomic mass is 10.3. The first-order chi connectivity index (χ1) is 5.06. The highest BCUT2D eigenvalue weighted by Gasteiger charge is 2.32. The fourth-order valence-electron chi connectivity index (χ4n) is 0.346. The second-order valence-corrected chi connectivity index (χ2v) is 1.77. The zero-order chi connectivity index (χ0) is 8.91. The molecular formula is C5H6N2O4. The van der Waals surface area contributed by atoms with Crippen LogP contribution in [-0.4, -0.2) is 34.3 Å². The third kappa shape index (κ3) is 2.41. The molecule has 0 saturated heterocycles. The molecule has 60 valence electrons. The molecule has 0 aromatic carbocycles. The number of nitrogens with zero attached hydrogens (tertiary/aromatic N) is 2. The third-order valence-corrected chi connectivity index (χ3v) is 0.981. The van der Waals surface area contributed by atoms with Gasteiger partial charge in [0, 0.05) is 0 Å².